The molecule has 1 N–H and O–H groups in total. The van der Waals surface area contributed by atoms with Gasteiger partial charge in [0, 0.05) is 53.3 Å². The Morgan fingerprint density at radius 2 is 1.72 bits per heavy atom. The van der Waals surface area contributed by atoms with E-state index in [4.69, 9.17) is 41.1 Å². The maximum atomic E-state index is 10.6. The van der Waals surface area contributed by atoms with Crippen LogP contribution in [0.15, 0.2) is 48.8 Å². The molecule has 0 radical (unpaired) electrons. The van der Waals surface area contributed by atoms with Gasteiger partial charge < -0.3 is 14.6 Å². The van der Waals surface area contributed by atoms with Crippen LogP contribution in [0.1, 0.15) is 49.9 Å². The van der Waals surface area contributed by atoms with E-state index in [9.17, 15) is 13.2 Å². The molecule has 2 aromatic heterocycles. The molecule has 11 heteroatoms. The van der Waals surface area contributed by atoms with Crippen LogP contribution in [0.4, 0.5) is 13.2 Å². The van der Waals surface area contributed by atoms with Gasteiger partial charge in [0.15, 0.2) is 6.23 Å². The molecule has 1 unspecified atom stereocenters. The van der Waals surface area contributed by atoms with E-state index in [1.165, 1.54) is 17.4 Å². The molecule has 6 rings (SSSR count). The number of halogens is 4. The zero-order chi connectivity index (χ0) is 27.6. The molecule has 2 aliphatic rings. The summed E-state index contributed by atoms with van der Waals surface area (Å²) in [5, 5.41) is 16.0. The summed E-state index contributed by atoms with van der Waals surface area (Å²) in [7, 11) is 0. The molecule has 0 bridgehead atoms. The van der Waals surface area contributed by atoms with Crippen molar-refractivity contribution in [3.63, 3.8) is 0 Å². The molecule has 39 heavy (non-hydrogen) atoms. The molecular formula is C28H27ClF3N3O4. The molecule has 0 amide bonds. The minimum absolute atomic E-state index is 0.0175. The number of benzene rings is 2. The number of nitrogens with zero attached hydrogens (tertiary/aromatic N) is 3. The van der Waals surface area contributed by atoms with Crippen molar-refractivity contribution in [1.82, 2.24) is 14.8 Å². The summed E-state index contributed by atoms with van der Waals surface area (Å²) < 4.78 is 45.4. The van der Waals surface area contributed by atoms with Crippen molar-refractivity contribution in [2.45, 2.75) is 50.4 Å². The maximum absolute atomic E-state index is 10.6. The van der Waals surface area contributed by atoms with Gasteiger partial charge in [-0.25, -0.2) is 9.48 Å². The lowest BCUT2D eigenvalue weighted by Crippen LogP contribution is -2.21. The Morgan fingerprint density at radius 1 is 1.00 bits per heavy atom. The van der Waals surface area contributed by atoms with Gasteiger partial charge >= 0.3 is 12.1 Å². The van der Waals surface area contributed by atoms with E-state index in [1.54, 1.807) is 0 Å². The SMILES string of the molecule is Clc1ccc(-c2c(C3CCOCC3)ncc3cc4c(cnn4C4CCCCO4)cc23)cc1.O=C(O)C(F)(F)F. The molecule has 0 spiro atoms. The Hall–Kier alpha value is -3.21. The van der Waals surface area contributed by atoms with Gasteiger partial charge in [0.1, 0.15) is 0 Å². The van der Waals surface area contributed by atoms with Crippen molar-refractivity contribution >= 4 is 39.2 Å². The molecule has 4 heterocycles. The highest BCUT2D eigenvalue weighted by atomic mass is 35.5. The van der Waals surface area contributed by atoms with Crippen molar-refractivity contribution in [3.8, 4) is 11.1 Å². The van der Waals surface area contributed by atoms with Crippen molar-refractivity contribution in [2.24, 2.45) is 0 Å². The number of rotatable bonds is 3. The van der Waals surface area contributed by atoms with Crippen molar-refractivity contribution in [2.75, 3.05) is 19.8 Å². The number of aliphatic carboxylic acids is 1. The van der Waals surface area contributed by atoms with Crippen LogP contribution < -0.4 is 0 Å². The van der Waals surface area contributed by atoms with Gasteiger partial charge in [-0.05, 0) is 67.3 Å². The van der Waals surface area contributed by atoms with Gasteiger partial charge in [0.05, 0.1) is 17.4 Å². The topological polar surface area (TPSA) is 86.5 Å². The number of fused-ring (bicyclic) bond motifs is 2. The average Bonchev–Trinajstić information content (AvgIpc) is 3.35. The molecule has 7 nitrogen and oxygen atoms in total. The fourth-order valence-corrected chi connectivity index (χ4v) is 5.25. The molecule has 2 fully saturated rings. The second-order valence-corrected chi connectivity index (χ2v) is 10.1. The highest BCUT2D eigenvalue weighted by molar-refractivity contribution is 6.30. The lowest BCUT2D eigenvalue weighted by Gasteiger charge is -2.25. The van der Waals surface area contributed by atoms with Gasteiger partial charge in [-0.1, -0.05) is 23.7 Å². The number of aromatic nitrogens is 3. The normalized spacial score (nSPS) is 18.6. The molecular weight excluding hydrogens is 535 g/mol. The highest BCUT2D eigenvalue weighted by Gasteiger charge is 2.38. The van der Waals surface area contributed by atoms with E-state index in [0.717, 1.165) is 78.1 Å². The van der Waals surface area contributed by atoms with E-state index in [1.807, 2.05) is 29.2 Å². The Morgan fingerprint density at radius 3 is 2.36 bits per heavy atom. The van der Waals surface area contributed by atoms with Crippen molar-refractivity contribution < 1.29 is 32.5 Å². The molecule has 2 saturated heterocycles. The summed E-state index contributed by atoms with van der Waals surface area (Å²) in [6.07, 6.45) is 4.23. The molecule has 0 saturated carbocycles. The molecule has 4 aromatic rings. The van der Waals surface area contributed by atoms with Gasteiger partial charge in [0.25, 0.3) is 0 Å². The van der Waals surface area contributed by atoms with Gasteiger partial charge in [0.2, 0.25) is 0 Å². The summed E-state index contributed by atoms with van der Waals surface area (Å²) in [6, 6.07) is 12.6. The first-order valence-corrected chi connectivity index (χ1v) is 13.2. The lowest BCUT2D eigenvalue weighted by molar-refractivity contribution is -0.192. The summed E-state index contributed by atoms with van der Waals surface area (Å²) in [4.78, 5) is 13.9. The first kappa shape index (κ1) is 27.4. The summed E-state index contributed by atoms with van der Waals surface area (Å²) in [5.74, 6) is -2.36. The Labute approximate surface area is 227 Å². The lowest BCUT2D eigenvalue weighted by atomic mass is 9.87. The third-order valence-electron chi connectivity index (χ3n) is 7.05. The zero-order valence-corrected chi connectivity index (χ0v) is 21.7. The minimum Gasteiger partial charge on any atom is -0.475 e. The van der Waals surface area contributed by atoms with Crippen LogP contribution in [0.2, 0.25) is 5.02 Å². The second-order valence-electron chi connectivity index (χ2n) is 9.62. The molecule has 0 aliphatic carbocycles. The summed E-state index contributed by atoms with van der Waals surface area (Å²) in [6.45, 7) is 2.38. The Bertz CT molecular complexity index is 1460. The molecule has 2 aliphatic heterocycles. The predicted molar refractivity (Wildman–Crippen MR) is 141 cm³/mol. The first-order valence-electron chi connectivity index (χ1n) is 12.8. The Kier molecular flexibility index (Phi) is 8.06. The van der Waals surface area contributed by atoms with E-state index < -0.39 is 12.1 Å². The quantitative estimate of drug-likeness (QED) is 0.286. The molecule has 2 aromatic carbocycles. The van der Waals surface area contributed by atoms with E-state index in [-0.39, 0.29) is 6.23 Å². The van der Waals surface area contributed by atoms with Crippen LogP contribution in [0, 0.1) is 0 Å². The number of carboxylic acid groups (broad SMARTS) is 1. The number of carboxylic acids is 1. The van der Waals surface area contributed by atoms with Crippen LogP contribution in [0.5, 0.6) is 0 Å². The van der Waals surface area contributed by atoms with E-state index in [0.29, 0.717) is 5.92 Å². The fraction of sp³-hybridized carbons (Fsp3) is 0.393. The van der Waals surface area contributed by atoms with Crippen molar-refractivity contribution in [3.05, 3.63) is 59.5 Å². The smallest absolute Gasteiger partial charge is 0.475 e. The summed E-state index contributed by atoms with van der Waals surface area (Å²) in [5.41, 5.74) is 4.61. The number of alkyl halides is 3. The van der Waals surface area contributed by atoms with Crippen LogP contribution in [0.25, 0.3) is 32.8 Å². The minimum atomic E-state index is -5.08. The Balaban J connectivity index is 0.000000392. The van der Waals surface area contributed by atoms with Crippen LogP contribution in [-0.2, 0) is 14.3 Å². The first-order chi connectivity index (χ1) is 18.7. The average molecular weight is 562 g/mol. The number of carbonyl (C=O) groups is 1. The van der Waals surface area contributed by atoms with Gasteiger partial charge in [-0.3, -0.25) is 4.98 Å². The largest absolute Gasteiger partial charge is 0.490 e. The zero-order valence-electron chi connectivity index (χ0n) is 21.0. The highest BCUT2D eigenvalue weighted by Crippen LogP contribution is 2.40. The van der Waals surface area contributed by atoms with Gasteiger partial charge in [-0.15, -0.1) is 0 Å². The fourth-order valence-electron chi connectivity index (χ4n) is 5.12. The number of pyridine rings is 1. The number of ether oxygens (including phenoxy) is 2. The molecule has 206 valence electrons. The standard InChI is InChI=1S/C26H26ClN3O2.C2HF3O2/c27-21-6-4-17(5-7-21)25-22-13-20-16-29-30(24-3-1-2-10-32-24)23(20)14-19(22)15-28-26(25)18-8-11-31-12-9-18;3-2(4,5)1(6)7/h4-7,13-16,18,24H,1-3,8-12H2;(H,6,7). The summed E-state index contributed by atoms with van der Waals surface area (Å²) >= 11 is 6.21. The maximum Gasteiger partial charge on any atom is 0.490 e. The van der Waals surface area contributed by atoms with Crippen LogP contribution in [-0.4, -0.2) is 51.8 Å². The third kappa shape index (κ3) is 6.03. The van der Waals surface area contributed by atoms with Crippen LogP contribution in [0.3, 0.4) is 0 Å². The van der Waals surface area contributed by atoms with Gasteiger partial charge in [-0.2, -0.15) is 18.3 Å². The molecule has 1 atom stereocenters. The predicted octanol–water partition coefficient (Wildman–Crippen LogP) is 7.13. The van der Waals surface area contributed by atoms with Crippen LogP contribution >= 0.6 is 11.6 Å². The second kappa shape index (κ2) is 11.5. The monoisotopic (exact) mass is 561 g/mol. The van der Waals surface area contributed by atoms with Crippen molar-refractivity contribution in [1.29, 1.82) is 0 Å². The number of hydrogen-bond acceptors (Lipinski definition) is 5. The van der Waals surface area contributed by atoms with E-state index in [2.05, 4.69) is 24.3 Å². The van der Waals surface area contributed by atoms with E-state index >= 15 is 0 Å². The number of hydrogen-bond donors (Lipinski definition) is 1. The third-order valence-corrected chi connectivity index (χ3v) is 7.30.